The molecule has 0 radical (unpaired) electrons. The average Bonchev–Trinajstić information content (AvgIpc) is 2.42. The quantitative estimate of drug-likeness (QED) is 0.581. The summed E-state index contributed by atoms with van der Waals surface area (Å²) in [5.74, 6) is -0.471. The maximum absolute atomic E-state index is 12.3. The molecule has 19 heavy (non-hydrogen) atoms. The molecule has 0 N–H and O–H groups in total. The number of hydrogen-bond donors (Lipinski definition) is 0. The zero-order valence-corrected chi connectivity index (χ0v) is 11.5. The van der Waals surface area contributed by atoms with E-state index in [2.05, 4.69) is 15.9 Å². The van der Waals surface area contributed by atoms with Crippen LogP contribution >= 0.6 is 15.9 Å². The van der Waals surface area contributed by atoms with Gasteiger partial charge in [-0.25, -0.2) is 8.78 Å². The van der Waals surface area contributed by atoms with Gasteiger partial charge in [0.05, 0.1) is 0 Å². The maximum atomic E-state index is 12.3. The lowest BCUT2D eigenvalue weighted by Crippen LogP contribution is -1.73. The summed E-state index contributed by atoms with van der Waals surface area (Å²) in [6.45, 7) is 0. The van der Waals surface area contributed by atoms with Gasteiger partial charge in [0.25, 0.3) is 0 Å². The molecule has 0 aliphatic carbocycles. The summed E-state index contributed by atoms with van der Waals surface area (Å²) < 4.78 is 25.3. The van der Waals surface area contributed by atoms with Gasteiger partial charge in [0.15, 0.2) is 0 Å². The van der Waals surface area contributed by atoms with Crippen LogP contribution in [0.3, 0.4) is 0 Å². The van der Waals surface area contributed by atoms with E-state index in [0.717, 1.165) is 10.0 Å². The molecule has 0 aromatic heterocycles. The second-order valence-electron chi connectivity index (χ2n) is 3.48. The molecule has 98 valence electrons. The summed E-state index contributed by atoms with van der Waals surface area (Å²) in [6, 6.07) is 12.1. The molecule has 2 aromatic carbocycles. The van der Waals surface area contributed by atoms with E-state index in [1.807, 2.05) is 0 Å². The molecule has 0 fully saturated rings. The van der Waals surface area contributed by atoms with Gasteiger partial charge < -0.3 is 0 Å². The van der Waals surface area contributed by atoms with E-state index in [-0.39, 0.29) is 11.6 Å². The smallest absolute Gasteiger partial charge is 0.142 e. The largest absolute Gasteiger partial charge is 0.299 e. The Morgan fingerprint density at radius 2 is 1.32 bits per heavy atom. The first kappa shape index (κ1) is 15.2. The third-order valence-corrected chi connectivity index (χ3v) is 2.57. The van der Waals surface area contributed by atoms with Crippen molar-refractivity contribution in [3.63, 3.8) is 0 Å². The Kier molecular flexibility index (Phi) is 6.68. The lowest BCUT2D eigenvalue weighted by molar-refractivity contribution is -0.104. The predicted octanol–water partition coefficient (Wildman–Crippen LogP) is 4.63. The predicted molar refractivity (Wildman–Crippen MR) is 75.6 cm³/mol. The van der Waals surface area contributed by atoms with Crippen molar-refractivity contribution >= 4 is 28.3 Å². The van der Waals surface area contributed by atoms with Crippen molar-refractivity contribution in [2.24, 2.45) is 0 Å². The van der Waals surface area contributed by atoms with Crippen molar-refractivity contribution in [1.82, 2.24) is 0 Å². The number of rotatable bonds is 2. The molecule has 2 aromatic rings. The van der Waals surface area contributed by atoms with Crippen molar-refractivity contribution in [3.8, 4) is 0 Å². The molecule has 0 atom stereocenters. The van der Waals surface area contributed by atoms with Gasteiger partial charge in [0, 0.05) is 4.47 Å². The molecule has 0 unspecified atom stereocenters. The SMILES string of the molecule is Fc1ccc(Br)cc1.O=C/C=C/c1ccc(F)cc1. The van der Waals surface area contributed by atoms with Crippen LogP contribution in [0, 0.1) is 11.6 Å². The molecule has 0 heterocycles. The van der Waals surface area contributed by atoms with Crippen LogP contribution in [0.1, 0.15) is 5.56 Å². The number of carbonyl (C=O) groups is 1. The number of aldehydes is 1. The summed E-state index contributed by atoms with van der Waals surface area (Å²) in [4.78, 5) is 9.88. The third-order valence-electron chi connectivity index (χ3n) is 2.04. The van der Waals surface area contributed by atoms with Gasteiger partial charge >= 0.3 is 0 Å². The second kappa shape index (κ2) is 8.32. The van der Waals surface area contributed by atoms with Crippen molar-refractivity contribution in [2.45, 2.75) is 0 Å². The van der Waals surface area contributed by atoms with Gasteiger partial charge in [-0.2, -0.15) is 0 Å². The van der Waals surface area contributed by atoms with E-state index in [9.17, 15) is 13.6 Å². The first-order valence-corrected chi connectivity index (χ1v) is 6.19. The number of allylic oxidation sites excluding steroid dienone is 1. The highest BCUT2D eigenvalue weighted by molar-refractivity contribution is 9.10. The normalized spacial score (nSPS) is 9.84. The lowest BCUT2D eigenvalue weighted by Gasteiger charge is -1.89. The van der Waals surface area contributed by atoms with Crippen LogP contribution in [0.15, 0.2) is 59.1 Å². The van der Waals surface area contributed by atoms with E-state index in [1.165, 1.54) is 30.3 Å². The molecule has 0 amide bonds. The number of halogens is 3. The Bertz CT molecular complexity index is 512. The molecule has 0 spiro atoms. The minimum atomic E-state index is -0.270. The fourth-order valence-corrected chi connectivity index (χ4v) is 1.42. The Morgan fingerprint density at radius 3 is 1.74 bits per heavy atom. The van der Waals surface area contributed by atoms with Crippen molar-refractivity contribution in [2.75, 3.05) is 0 Å². The number of carbonyl (C=O) groups excluding carboxylic acids is 1. The van der Waals surface area contributed by atoms with Gasteiger partial charge in [0.1, 0.15) is 17.9 Å². The van der Waals surface area contributed by atoms with Crippen LogP contribution in [0.25, 0.3) is 6.08 Å². The standard InChI is InChI=1S/C9H7FO.C6H4BrF/c10-9-5-3-8(4-6-9)2-1-7-11;7-5-1-3-6(8)4-2-5/h1-7H;1-4H/b2-1+;. The molecule has 4 heteroatoms. The fraction of sp³-hybridized carbons (Fsp3) is 0. The monoisotopic (exact) mass is 324 g/mol. The van der Waals surface area contributed by atoms with Gasteiger partial charge in [-0.3, -0.25) is 4.79 Å². The van der Waals surface area contributed by atoms with Crippen molar-refractivity contribution < 1.29 is 13.6 Å². The minimum Gasteiger partial charge on any atom is -0.299 e. The van der Waals surface area contributed by atoms with Gasteiger partial charge in [-0.1, -0.05) is 34.1 Å². The molecule has 0 saturated heterocycles. The number of benzene rings is 2. The number of hydrogen-bond acceptors (Lipinski definition) is 1. The summed E-state index contributed by atoms with van der Waals surface area (Å²) in [5.41, 5.74) is 0.818. The molecule has 2 rings (SSSR count). The summed E-state index contributed by atoms with van der Waals surface area (Å²) in [7, 11) is 0. The van der Waals surface area contributed by atoms with Gasteiger partial charge in [0.2, 0.25) is 0 Å². The first-order valence-electron chi connectivity index (χ1n) is 5.40. The topological polar surface area (TPSA) is 17.1 Å². The summed E-state index contributed by atoms with van der Waals surface area (Å²) in [6.07, 6.45) is 3.67. The van der Waals surface area contributed by atoms with E-state index in [1.54, 1.807) is 30.3 Å². The Morgan fingerprint density at radius 1 is 0.842 bits per heavy atom. The summed E-state index contributed by atoms with van der Waals surface area (Å²) >= 11 is 3.18. The van der Waals surface area contributed by atoms with E-state index in [0.29, 0.717) is 6.29 Å². The zero-order chi connectivity index (χ0) is 14.1. The highest BCUT2D eigenvalue weighted by Crippen LogP contribution is 2.08. The third kappa shape index (κ3) is 6.62. The van der Waals surface area contributed by atoms with Gasteiger partial charge in [-0.05, 0) is 48.0 Å². The first-order chi connectivity index (χ1) is 9.11. The zero-order valence-electron chi connectivity index (χ0n) is 9.89. The van der Waals surface area contributed by atoms with Gasteiger partial charge in [-0.15, -0.1) is 0 Å². The maximum Gasteiger partial charge on any atom is 0.142 e. The van der Waals surface area contributed by atoms with Crippen LogP contribution in [0.4, 0.5) is 8.78 Å². The molecule has 0 saturated carbocycles. The van der Waals surface area contributed by atoms with Crippen LogP contribution in [0.2, 0.25) is 0 Å². The molecule has 0 bridgehead atoms. The molecular formula is C15H11BrF2O. The van der Waals surface area contributed by atoms with Crippen LogP contribution in [-0.4, -0.2) is 6.29 Å². The van der Waals surface area contributed by atoms with E-state index >= 15 is 0 Å². The van der Waals surface area contributed by atoms with Crippen molar-refractivity contribution in [1.29, 1.82) is 0 Å². The van der Waals surface area contributed by atoms with Crippen molar-refractivity contribution in [3.05, 3.63) is 76.3 Å². The molecule has 0 aliphatic heterocycles. The highest BCUT2D eigenvalue weighted by Gasteiger charge is 1.87. The van der Waals surface area contributed by atoms with E-state index < -0.39 is 0 Å². The average molecular weight is 325 g/mol. The molecular weight excluding hydrogens is 314 g/mol. The summed E-state index contributed by atoms with van der Waals surface area (Å²) in [5, 5.41) is 0. The van der Waals surface area contributed by atoms with Crippen LogP contribution in [-0.2, 0) is 4.79 Å². The van der Waals surface area contributed by atoms with Crippen LogP contribution in [0.5, 0.6) is 0 Å². The highest BCUT2D eigenvalue weighted by atomic mass is 79.9. The molecule has 1 nitrogen and oxygen atoms in total. The lowest BCUT2D eigenvalue weighted by atomic mass is 10.2. The fourth-order valence-electron chi connectivity index (χ4n) is 1.15. The molecule has 0 aliphatic rings. The Labute approximate surface area is 118 Å². The second-order valence-corrected chi connectivity index (χ2v) is 4.40. The minimum absolute atomic E-state index is 0.201. The Hall–Kier alpha value is -1.81. The van der Waals surface area contributed by atoms with Crippen LogP contribution < -0.4 is 0 Å². The Balaban J connectivity index is 0.000000200. The van der Waals surface area contributed by atoms with E-state index in [4.69, 9.17) is 0 Å².